The molecule has 2 heterocycles. The molecule has 128 valence electrons. The minimum atomic E-state index is -0.355. The molecule has 0 saturated carbocycles. The van der Waals surface area contributed by atoms with E-state index in [1.165, 1.54) is 4.68 Å². The lowest BCUT2D eigenvalue weighted by atomic mass is 10.0. The van der Waals surface area contributed by atoms with Gasteiger partial charge in [-0.3, -0.25) is 4.79 Å². The minimum absolute atomic E-state index is 0.137. The molecule has 0 aliphatic carbocycles. The third-order valence-corrected chi connectivity index (χ3v) is 4.44. The van der Waals surface area contributed by atoms with E-state index in [2.05, 4.69) is 10.4 Å². The van der Waals surface area contributed by atoms with Crippen molar-refractivity contribution in [3.63, 3.8) is 0 Å². The van der Waals surface area contributed by atoms with Crippen molar-refractivity contribution in [2.75, 3.05) is 32.2 Å². The zero-order chi connectivity index (χ0) is 16.9. The molecule has 24 heavy (non-hydrogen) atoms. The average molecular weight is 350 g/mol. The molecule has 0 bridgehead atoms. The number of hydrogen-bond donors (Lipinski definition) is 1. The first kappa shape index (κ1) is 16.8. The number of rotatable bonds is 5. The highest BCUT2D eigenvalue weighted by Gasteiger charge is 2.16. The summed E-state index contributed by atoms with van der Waals surface area (Å²) in [5.41, 5.74) is 0.832. The number of nitrogens with one attached hydrogen (secondary N) is 1. The van der Waals surface area contributed by atoms with Crippen molar-refractivity contribution in [1.82, 2.24) is 9.78 Å². The Hall–Kier alpha value is -2.05. The van der Waals surface area contributed by atoms with Crippen LogP contribution in [-0.4, -0.2) is 36.6 Å². The monoisotopic (exact) mass is 349 g/mol. The molecule has 3 rings (SSSR count). The van der Waals surface area contributed by atoms with E-state index in [1.54, 1.807) is 37.6 Å². The Bertz CT molecular complexity index is 740. The number of halogens is 1. The Labute approximate surface area is 145 Å². The molecule has 1 aliphatic heterocycles. The van der Waals surface area contributed by atoms with Gasteiger partial charge in [0.25, 0.3) is 5.56 Å². The van der Waals surface area contributed by atoms with Crippen molar-refractivity contribution in [2.24, 2.45) is 5.92 Å². The maximum atomic E-state index is 12.5. The van der Waals surface area contributed by atoms with Crippen molar-refractivity contribution in [1.29, 1.82) is 0 Å². The second-order valence-corrected chi connectivity index (χ2v) is 6.13. The highest BCUT2D eigenvalue weighted by atomic mass is 35.5. The van der Waals surface area contributed by atoms with Gasteiger partial charge in [-0.25, -0.2) is 0 Å². The van der Waals surface area contributed by atoms with Gasteiger partial charge in [-0.05, 0) is 43.0 Å². The van der Waals surface area contributed by atoms with Crippen LogP contribution in [-0.2, 0) is 4.74 Å². The fourth-order valence-corrected chi connectivity index (χ4v) is 2.88. The quantitative estimate of drug-likeness (QED) is 0.899. The number of hydrogen-bond acceptors (Lipinski definition) is 5. The van der Waals surface area contributed by atoms with Crippen molar-refractivity contribution in [2.45, 2.75) is 12.8 Å². The lowest BCUT2D eigenvalue weighted by Gasteiger charge is -2.22. The van der Waals surface area contributed by atoms with Crippen molar-refractivity contribution >= 4 is 17.3 Å². The van der Waals surface area contributed by atoms with E-state index < -0.39 is 0 Å². The molecule has 1 aromatic carbocycles. The molecule has 7 heteroatoms. The van der Waals surface area contributed by atoms with Gasteiger partial charge in [0.15, 0.2) is 0 Å². The molecule has 1 N–H and O–H groups in total. The van der Waals surface area contributed by atoms with Crippen LogP contribution in [0.4, 0.5) is 5.69 Å². The van der Waals surface area contributed by atoms with E-state index in [-0.39, 0.29) is 10.6 Å². The molecule has 1 atom stereocenters. The second-order valence-electron chi connectivity index (χ2n) is 5.75. The van der Waals surface area contributed by atoms with E-state index in [0.29, 0.717) is 29.6 Å². The normalized spacial score (nSPS) is 17.5. The lowest BCUT2D eigenvalue weighted by Crippen LogP contribution is -2.26. The summed E-state index contributed by atoms with van der Waals surface area (Å²) in [6.45, 7) is 2.28. The van der Waals surface area contributed by atoms with Gasteiger partial charge in [0.05, 0.1) is 31.3 Å². The predicted octanol–water partition coefficient (Wildman–Crippen LogP) is 2.73. The van der Waals surface area contributed by atoms with Gasteiger partial charge in [-0.1, -0.05) is 11.6 Å². The van der Waals surface area contributed by atoms with Crippen LogP contribution in [0.15, 0.2) is 35.3 Å². The van der Waals surface area contributed by atoms with Crippen LogP contribution in [0.25, 0.3) is 5.69 Å². The van der Waals surface area contributed by atoms with Gasteiger partial charge in [0, 0.05) is 13.2 Å². The molecule has 1 fully saturated rings. The Kier molecular flexibility index (Phi) is 5.37. The fourth-order valence-electron chi connectivity index (χ4n) is 2.69. The Balaban J connectivity index is 1.76. The SMILES string of the molecule is COc1ccc(-n2ncc(NCC3CCCOC3)c(Cl)c2=O)cc1. The number of nitrogens with zero attached hydrogens (tertiary/aromatic N) is 2. The number of ether oxygens (including phenoxy) is 2. The summed E-state index contributed by atoms with van der Waals surface area (Å²) in [5, 5.41) is 7.56. The highest BCUT2D eigenvalue weighted by molar-refractivity contribution is 6.32. The third kappa shape index (κ3) is 3.71. The summed E-state index contributed by atoms with van der Waals surface area (Å²) in [7, 11) is 1.59. The van der Waals surface area contributed by atoms with Crippen LogP contribution in [0.3, 0.4) is 0 Å². The van der Waals surface area contributed by atoms with Crippen LogP contribution >= 0.6 is 11.6 Å². The number of benzene rings is 1. The first-order chi connectivity index (χ1) is 11.7. The smallest absolute Gasteiger partial charge is 0.292 e. The molecule has 1 aromatic heterocycles. The van der Waals surface area contributed by atoms with Gasteiger partial charge in [-0.15, -0.1) is 0 Å². The summed E-state index contributed by atoms with van der Waals surface area (Å²) >= 11 is 6.23. The van der Waals surface area contributed by atoms with E-state index >= 15 is 0 Å². The second kappa shape index (κ2) is 7.68. The van der Waals surface area contributed by atoms with Gasteiger partial charge in [0.2, 0.25) is 0 Å². The summed E-state index contributed by atoms with van der Waals surface area (Å²) in [6.07, 6.45) is 3.76. The average Bonchev–Trinajstić information content (AvgIpc) is 2.64. The van der Waals surface area contributed by atoms with Crippen molar-refractivity contribution in [3.05, 3.63) is 45.8 Å². The fraction of sp³-hybridized carbons (Fsp3) is 0.412. The van der Waals surface area contributed by atoms with E-state index in [0.717, 1.165) is 26.1 Å². The molecule has 1 aliphatic rings. The molecule has 6 nitrogen and oxygen atoms in total. The molecule has 1 saturated heterocycles. The first-order valence-electron chi connectivity index (χ1n) is 7.93. The molecule has 0 spiro atoms. The van der Waals surface area contributed by atoms with Crippen molar-refractivity contribution < 1.29 is 9.47 Å². The van der Waals surface area contributed by atoms with Crippen LogP contribution in [0.1, 0.15) is 12.8 Å². The van der Waals surface area contributed by atoms with E-state index in [9.17, 15) is 4.79 Å². The van der Waals surface area contributed by atoms with Crippen LogP contribution < -0.4 is 15.6 Å². The molecule has 0 amide bonds. The Morgan fingerprint density at radius 3 is 2.88 bits per heavy atom. The molecular weight excluding hydrogens is 330 g/mol. The van der Waals surface area contributed by atoms with Crippen molar-refractivity contribution in [3.8, 4) is 11.4 Å². The van der Waals surface area contributed by atoms with Gasteiger partial charge >= 0.3 is 0 Å². The minimum Gasteiger partial charge on any atom is -0.497 e. The molecular formula is C17H20ClN3O3. The van der Waals surface area contributed by atoms with Crippen LogP contribution in [0.2, 0.25) is 5.02 Å². The Morgan fingerprint density at radius 2 is 2.21 bits per heavy atom. The maximum absolute atomic E-state index is 12.5. The molecule has 2 aromatic rings. The van der Waals surface area contributed by atoms with E-state index in [4.69, 9.17) is 21.1 Å². The first-order valence-corrected chi connectivity index (χ1v) is 8.30. The van der Waals surface area contributed by atoms with Gasteiger partial charge in [-0.2, -0.15) is 9.78 Å². The van der Waals surface area contributed by atoms with Gasteiger partial charge < -0.3 is 14.8 Å². The van der Waals surface area contributed by atoms with E-state index in [1.807, 2.05) is 0 Å². The summed E-state index contributed by atoms with van der Waals surface area (Å²) < 4.78 is 11.8. The molecule has 0 radical (unpaired) electrons. The molecule has 1 unspecified atom stereocenters. The summed E-state index contributed by atoms with van der Waals surface area (Å²) in [6, 6.07) is 7.06. The standard InChI is InChI=1S/C17H20ClN3O3/c1-23-14-6-4-13(5-7-14)21-17(22)16(18)15(10-20-21)19-9-12-3-2-8-24-11-12/h4-7,10,12,19H,2-3,8-9,11H2,1H3. The topological polar surface area (TPSA) is 65.4 Å². The lowest BCUT2D eigenvalue weighted by molar-refractivity contribution is 0.0595. The largest absolute Gasteiger partial charge is 0.497 e. The van der Waals surface area contributed by atoms with Gasteiger partial charge in [0.1, 0.15) is 10.8 Å². The predicted molar refractivity (Wildman–Crippen MR) is 93.4 cm³/mol. The number of anilines is 1. The maximum Gasteiger partial charge on any atom is 0.292 e. The number of aromatic nitrogens is 2. The zero-order valence-corrected chi connectivity index (χ0v) is 14.3. The zero-order valence-electron chi connectivity index (χ0n) is 13.5. The Morgan fingerprint density at radius 1 is 1.42 bits per heavy atom. The number of methoxy groups -OCH3 is 1. The van der Waals surface area contributed by atoms with Crippen LogP contribution in [0, 0.1) is 5.92 Å². The summed E-state index contributed by atoms with van der Waals surface area (Å²) in [5.74, 6) is 1.14. The highest BCUT2D eigenvalue weighted by Crippen LogP contribution is 2.20. The summed E-state index contributed by atoms with van der Waals surface area (Å²) in [4.78, 5) is 12.5. The van der Waals surface area contributed by atoms with Crippen LogP contribution in [0.5, 0.6) is 5.75 Å². The third-order valence-electron chi connectivity index (χ3n) is 4.07.